The van der Waals surface area contributed by atoms with E-state index >= 15 is 0 Å². The lowest BCUT2D eigenvalue weighted by molar-refractivity contribution is -0.302. The molecule has 0 aliphatic carbocycles. The number of aliphatic hydroxyl groups is 5. The van der Waals surface area contributed by atoms with Gasteiger partial charge >= 0.3 is 0 Å². The molecule has 1 aliphatic heterocycles. The quantitative estimate of drug-likeness (QED) is 0.0261. The molecule has 0 bridgehead atoms. The largest absolute Gasteiger partial charge is 0.394 e. The highest BCUT2D eigenvalue weighted by Gasteiger charge is 2.44. The van der Waals surface area contributed by atoms with Crippen LogP contribution in [0.25, 0.3) is 0 Å². The van der Waals surface area contributed by atoms with Gasteiger partial charge in [0.1, 0.15) is 24.4 Å². The van der Waals surface area contributed by atoms with Crippen molar-refractivity contribution in [2.75, 3.05) is 13.2 Å². The summed E-state index contributed by atoms with van der Waals surface area (Å²) in [6, 6.07) is -0.820. The minimum atomic E-state index is -1.57. The highest BCUT2D eigenvalue weighted by Crippen LogP contribution is 2.23. The molecule has 1 amide bonds. The van der Waals surface area contributed by atoms with E-state index < -0.39 is 49.5 Å². The van der Waals surface area contributed by atoms with Crippen LogP contribution in [0.4, 0.5) is 0 Å². The molecular formula is C61H115NO8. The lowest BCUT2D eigenvalue weighted by atomic mass is 9.99. The van der Waals surface area contributed by atoms with E-state index in [1.165, 1.54) is 231 Å². The zero-order valence-electron chi connectivity index (χ0n) is 45.8. The first kappa shape index (κ1) is 66.4. The van der Waals surface area contributed by atoms with Crippen molar-refractivity contribution in [3.05, 3.63) is 36.5 Å². The number of ether oxygens (including phenoxy) is 2. The van der Waals surface area contributed by atoms with Crippen LogP contribution in [-0.2, 0) is 14.3 Å². The van der Waals surface area contributed by atoms with Crippen LogP contribution in [0.1, 0.15) is 290 Å². The average molecular weight is 991 g/mol. The minimum Gasteiger partial charge on any atom is -0.394 e. The fourth-order valence-corrected chi connectivity index (χ4v) is 9.64. The second-order valence-electron chi connectivity index (χ2n) is 21.1. The van der Waals surface area contributed by atoms with Gasteiger partial charge in [-0.2, -0.15) is 0 Å². The summed E-state index contributed by atoms with van der Waals surface area (Å²) in [5, 5.41) is 54.5. The van der Waals surface area contributed by atoms with Crippen LogP contribution >= 0.6 is 0 Å². The fourth-order valence-electron chi connectivity index (χ4n) is 9.64. The van der Waals surface area contributed by atoms with E-state index in [9.17, 15) is 30.3 Å². The Balaban J connectivity index is 2.18. The number of unbranched alkanes of at least 4 members (excludes halogenated alkanes) is 38. The third kappa shape index (κ3) is 39.9. The van der Waals surface area contributed by atoms with Gasteiger partial charge in [0.25, 0.3) is 0 Å². The number of nitrogens with one attached hydrogen (secondary N) is 1. The van der Waals surface area contributed by atoms with Crippen LogP contribution in [0.3, 0.4) is 0 Å². The van der Waals surface area contributed by atoms with Gasteiger partial charge in [0.05, 0.1) is 25.4 Å². The Morgan fingerprint density at radius 2 is 0.814 bits per heavy atom. The van der Waals surface area contributed by atoms with Crippen LogP contribution in [0.2, 0.25) is 0 Å². The van der Waals surface area contributed by atoms with Gasteiger partial charge in [-0.05, 0) is 57.8 Å². The van der Waals surface area contributed by atoms with Crippen molar-refractivity contribution in [1.82, 2.24) is 5.32 Å². The van der Waals surface area contributed by atoms with Crippen molar-refractivity contribution < 1.29 is 39.8 Å². The summed E-state index contributed by atoms with van der Waals surface area (Å²) in [5.74, 6) is -0.182. The first-order valence-electron chi connectivity index (χ1n) is 30.2. The van der Waals surface area contributed by atoms with Crippen LogP contribution in [-0.4, -0.2) is 87.5 Å². The van der Waals surface area contributed by atoms with Crippen molar-refractivity contribution in [3.63, 3.8) is 0 Å². The molecule has 0 spiro atoms. The first-order valence-corrected chi connectivity index (χ1v) is 30.2. The highest BCUT2D eigenvalue weighted by atomic mass is 16.7. The number of amides is 1. The Morgan fingerprint density at radius 1 is 0.471 bits per heavy atom. The molecule has 70 heavy (non-hydrogen) atoms. The molecule has 0 radical (unpaired) electrons. The summed E-state index contributed by atoms with van der Waals surface area (Å²) >= 11 is 0. The molecule has 7 atom stereocenters. The van der Waals surface area contributed by atoms with E-state index in [0.717, 1.165) is 38.5 Å². The Bertz CT molecular complexity index is 1190. The summed E-state index contributed by atoms with van der Waals surface area (Å²) in [7, 11) is 0. The molecule has 0 aromatic carbocycles. The average Bonchev–Trinajstić information content (AvgIpc) is 3.36. The Morgan fingerprint density at radius 3 is 1.20 bits per heavy atom. The Hall–Kier alpha value is -1.59. The summed E-state index contributed by atoms with van der Waals surface area (Å²) in [5.41, 5.74) is 0. The molecule has 9 nitrogen and oxygen atoms in total. The SMILES string of the molecule is CCCCCCCCCC/C=C\CCCCCCCCCCCCCCCCCCCC(=O)NC(COC1OC(CO)C(O)C(O)C1O)C(O)/C=C/CC/C=C/CCCCCCCCCCCCCC. The molecule has 1 heterocycles. The van der Waals surface area contributed by atoms with E-state index in [1.54, 1.807) is 6.08 Å². The fraction of sp³-hybridized carbons (Fsp3) is 0.885. The van der Waals surface area contributed by atoms with E-state index in [0.29, 0.717) is 6.42 Å². The number of carbonyl (C=O) groups is 1. The van der Waals surface area contributed by atoms with Crippen LogP contribution in [0.5, 0.6) is 0 Å². The van der Waals surface area contributed by atoms with E-state index in [4.69, 9.17) is 9.47 Å². The lowest BCUT2D eigenvalue weighted by Crippen LogP contribution is -2.60. The minimum absolute atomic E-state index is 0.182. The number of carbonyl (C=O) groups excluding carboxylic acids is 1. The third-order valence-corrected chi connectivity index (χ3v) is 14.4. The van der Waals surface area contributed by atoms with Crippen molar-refractivity contribution in [1.29, 1.82) is 0 Å². The number of rotatable bonds is 52. The summed E-state index contributed by atoms with van der Waals surface area (Å²) in [6.45, 7) is 3.79. The molecule has 412 valence electrons. The van der Waals surface area contributed by atoms with Gasteiger partial charge in [0.2, 0.25) is 5.91 Å². The molecule has 1 aliphatic rings. The third-order valence-electron chi connectivity index (χ3n) is 14.4. The summed E-state index contributed by atoms with van der Waals surface area (Å²) < 4.78 is 11.3. The normalized spacial score (nSPS) is 19.6. The zero-order chi connectivity index (χ0) is 50.8. The second kappa shape index (κ2) is 50.9. The molecule has 1 fully saturated rings. The summed E-state index contributed by atoms with van der Waals surface area (Å²) in [6.07, 6.45) is 59.4. The lowest BCUT2D eigenvalue weighted by Gasteiger charge is -2.40. The zero-order valence-corrected chi connectivity index (χ0v) is 45.8. The monoisotopic (exact) mass is 990 g/mol. The molecule has 0 aromatic rings. The number of hydrogen-bond acceptors (Lipinski definition) is 8. The maximum atomic E-state index is 13.1. The van der Waals surface area contributed by atoms with Gasteiger partial charge in [0, 0.05) is 6.42 Å². The predicted octanol–water partition coefficient (Wildman–Crippen LogP) is 15.1. The molecule has 9 heteroatoms. The molecule has 0 aromatic heterocycles. The topological polar surface area (TPSA) is 149 Å². The van der Waals surface area contributed by atoms with Gasteiger partial charge in [-0.15, -0.1) is 0 Å². The van der Waals surface area contributed by atoms with E-state index in [2.05, 4.69) is 43.5 Å². The predicted molar refractivity (Wildman–Crippen MR) is 295 cm³/mol. The van der Waals surface area contributed by atoms with Gasteiger partial charge < -0.3 is 40.3 Å². The molecule has 1 rings (SSSR count). The molecule has 1 saturated heterocycles. The van der Waals surface area contributed by atoms with E-state index in [1.807, 2.05) is 6.08 Å². The van der Waals surface area contributed by atoms with Crippen molar-refractivity contribution in [2.45, 2.75) is 333 Å². The number of aliphatic hydroxyl groups excluding tert-OH is 5. The number of hydrogen-bond donors (Lipinski definition) is 6. The summed E-state index contributed by atoms with van der Waals surface area (Å²) in [4.78, 5) is 13.1. The van der Waals surface area contributed by atoms with Gasteiger partial charge in [-0.1, -0.05) is 262 Å². The molecule has 0 saturated carbocycles. The maximum Gasteiger partial charge on any atom is 0.220 e. The standard InChI is InChI=1S/C61H115NO8/c1-3-5-7-9-11-13-15-17-19-21-23-24-25-26-27-28-29-30-31-32-33-35-37-39-41-43-45-47-49-51-57(65)62-54(53-69-61-60(68)59(67)58(66)56(52-63)70-61)55(64)50-48-46-44-42-40-38-36-34-22-20-18-16-14-12-10-8-6-4-2/h21,23,40,42,48,50,54-56,58-61,63-64,66-68H,3-20,22,24-39,41,43-47,49,51-53H2,1-2H3,(H,62,65)/b23-21-,42-40+,50-48+. The maximum absolute atomic E-state index is 13.1. The Labute approximate surface area is 431 Å². The van der Waals surface area contributed by atoms with Gasteiger partial charge in [0.15, 0.2) is 6.29 Å². The molecular weight excluding hydrogens is 875 g/mol. The van der Waals surface area contributed by atoms with Gasteiger partial charge in [-0.3, -0.25) is 4.79 Å². The highest BCUT2D eigenvalue weighted by molar-refractivity contribution is 5.76. The molecule has 7 unspecified atom stereocenters. The molecule has 6 N–H and O–H groups in total. The van der Waals surface area contributed by atoms with Gasteiger partial charge in [-0.25, -0.2) is 0 Å². The van der Waals surface area contributed by atoms with Crippen LogP contribution < -0.4 is 5.32 Å². The first-order chi connectivity index (χ1) is 34.3. The van der Waals surface area contributed by atoms with Crippen molar-refractivity contribution >= 4 is 5.91 Å². The Kier molecular flexibility index (Phi) is 48.3. The van der Waals surface area contributed by atoms with Crippen molar-refractivity contribution in [3.8, 4) is 0 Å². The second-order valence-corrected chi connectivity index (χ2v) is 21.1. The van der Waals surface area contributed by atoms with Crippen LogP contribution in [0, 0.1) is 0 Å². The smallest absolute Gasteiger partial charge is 0.220 e. The van der Waals surface area contributed by atoms with Crippen molar-refractivity contribution in [2.24, 2.45) is 0 Å². The van der Waals surface area contributed by atoms with E-state index in [-0.39, 0.29) is 12.5 Å². The number of allylic oxidation sites excluding steroid dienone is 5. The van der Waals surface area contributed by atoms with Crippen LogP contribution in [0.15, 0.2) is 36.5 Å².